The molecule has 1 aromatic heterocycles. The van der Waals surface area contributed by atoms with Crippen molar-refractivity contribution in [3.05, 3.63) is 45.8 Å². The number of aryl methyl sites for hydroxylation is 2. The molecule has 0 aliphatic carbocycles. The van der Waals surface area contributed by atoms with Crippen LogP contribution in [0.4, 0.5) is 11.5 Å². The molecule has 0 aliphatic heterocycles. The Hall–Kier alpha value is -1.95. The van der Waals surface area contributed by atoms with Crippen LogP contribution in [0, 0.1) is 6.92 Å². The highest BCUT2D eigenvalue weighted by Gasteiger charge is 2.09. The Morgan fingerprint density at radius 1 is 1.35 bits per heavy atom. The van der Waals surface area contributed by atoms with E-state index in [1.165, 1.54) is 0 Å². The molecule has 0 atom stereocenters. The van der Waals surface area contributed by atoms with Crippen molar-refractivity contribution in [2.24, 2.45) is 0 Å². The third-order valence-electron chi connectivity index (χ3n) is 2.72. The molecule has 0 radical (unpaired) electrons. The number of halogens is 1. The van der Waals surface area contributed by atoms with Gasteiger partial charge < -0.3 is 10.4 Å². The number of anilines is 2. The van der Waals surface area contributed by atoms with E-state index in [0.717, 1.165) is 12.1 Å². The van der Waals surface area contributed by atoms with Crippen LogP contribution in [0.5, 0.6) is 0 Å². The van der Waals surface area contributed by atoms with Crippen molar-refractivity contribution in [3.63, 3.8) is 0 Å². The van der Waals surface area contributed by atoms with Gasteiger partial charge in [-0.05, 0) is 47.5 Å². The second-order valence-corrected chi connectivity index (χ2v) is 5.12. The molecule has 2 N–H and O–H groups in total. The van der Waals surface area contributed by atoms with E-state index in [9.17, 15) is 4.79 Å². The number of aromatic carboxylic acids is 1. The lowest BCUT2D eigenvalue weighted by Gasteiger charge is -2.09. The van der Waals surface area contributed by atoms with Crippen LogP contribution in [0.2, 0.25) is 0 Å². The summed E-state index contributed by atoms with van der Waals surface area (Å²) >= 11 is 3.22. The van der Waals surface area contributed by atoms with Gasteiger partial charge in [-0.15, -0.1) is 0 Å². The van der Waals surface area contributed by atoms with E-state index in [2.05, 4.69) is 31.2 Å². The molecule has 5 nitrogen and oxygen atoms in total. The second kappa shape index (κ2) is 6.00. The number of aromatic nitrogens is 2. The minimum Gasteiger partial charge on any atom is -0.478 e. The Labute approximate surface area is 125 Å². The van der Waals surface area contributed by atoms with Gasteiger partial charge in [-0.1, -0.05) is 6.92 Å². The molecule has 0 amide bonds. The summed E-state index contributed by atoms with van der Waals surface area (Å²) in [4.78, 5) is 19.7. The average Bonchev–Trinajstić information content (AvgIpc) is 2.40. The zero-order valence-electron chi connectivity index (χ0n) is 11.1. The van der Waals surface area contributed by atoms with Crippen LogP contribution < -0.4 is 5.32 Å². The minimum absolute atomic E-state index is 0.205. The van der Waals surface area contributed by atoms with Gasteiger partial charge in [-0.3, -0.25) is 0 Å². The maximum atomic E-state index is 11.1. The fourth-order valence-electron chi connectivity index (χ4n) is 1.79. The smallest absolute Gasteiger partial charge is 0.336 e. The fourth-order valence-corrected chi connectivity index (χ4v) is 2.21. The van der Waals surface area contributed by atoms with Crippen LogP contribution in [-0.2, 0) is 6.42 Å². The molecule has 2 aromatic rings. The predicted octanol–water partition coefficient (Wildman–Crippen LogP) is 3.55. The lowest BCUT2D eigenvalue weighted by Crippen LogP contribution is -2.02. The van der Waals surface area contributed by atoms with Gasteiger partial charge in [-0.25, -0.2) is 14.8 Å². The van der Waals surface area contributed by atoms with E-state index in [-0.39, 0.29) is 5.56 Å². The molecule has 0 saturated heterocycles. The highest BCUT2D eigenvalue weighted by Crippen LogP contribution is 2.23. The number of carboxylic acids is 1. The molecule has 1 aromatic carbocycles. The fraction of sp³-hybridized carbons (Fsp3) is 0.214. The molecule has 20 heavy (non-hydrogen) atoms. The molecule has 6 heteroatoms. The summed E-state index contributed by atoms with van der Waals surface area (Å²) in [6.07, 6.45) is 0.818. The van der Waals surface area contributed by atoms with Gasteiger partial charge in [0.05, 0.1) is 5.56 Å². The number of rotatable bonds is 4. The van der Waals surface area contributed by atoms with Gasteiger partial charge >= 0.3 is 5.97 Å². The first kappa shape index (κ1) is 14.5. The van der Waals surface area contributed by atoms with Crippen molar-refractivity contribution < 1.29 is 9.90 Å². The topological polar surface area (TPSA) is 75.1 Å². The van der Waals surface area contributed by atoms with Crippen LogP contribution in [0.15, 0.2) is 28.7 Å². The number of benzene rings is 1. The first-order valence-electron chi connectivity index (χ1n) is 6.14. The van der Waals surface area contributed by atoms with Gasteiger partial charge in [0.1, 0.15) is 11.6 Å². The second-order valence-electron chi connectivity index (χ2n) is 4.27. The highest BCUT2D eigenvalue weighted by atomic mass is 79.9. The molecule has 0 saturated carbocycles. The van der Waals surface area contributed by atoms with Crippen molar-refractivity contribution in [2.75, 3.05) is 5.32 Å². The number of nitrogens with zero attached hydrogens (tertiary/aromatic N) is 2. The number of carbonyl (C=O) groups is 1. The van der Waals surface area contributed by atoms with E-state index in [1.54, 1.807) is 18.2 Å². The molecule has 104 valence electrons. The SMILES string of the molecule is CCc1cc(Nc2ccc(Br)c(C(=O)O)c2)nc(C)n1. The van der Waals surface area contributed by atoms with Gasteiger partial charge in [0, 0.05) is 21.9 Å². The van der Waals surface area contributed by atoms with Crippen LogP contribution in [0.1, 0.15) is 28.8 Å². The number of hydrogen-bond acceptors (Lipinski definition) is 4. The number of nitrogens with one attached hydrogen (secondary N) is 1. The van der Waals surface area contributed by atoms with Crippen LogP contribution in [0.3, 0.4) is 0 Å². The monoisotopic (exact) mass is 335 g/mol. The van der Waals surface area contributed by atoms with Gasteiger partial charge in [0.15, 0.2) is 0 Å². The molecular weight excluding hydrogens is 322 g/mol. The Morgan fingerprint density at radius 3 is 2.75 bits per heavy atom. The summed E-state index contributed by atoms with van der Waals surface area (Å²) < 4.78 is 0.545. The highest BCUT2D eigenvalue weighted by molar-refractivity contribution is 9.10. The first-order chi connectivity index (χ1) is 9.49. The van der Waals surface area contributed by atoms with E-state index < -0.39 is 5.97 Å². The molecule has 0 fully saturated rings. The van der Waals surface area contributed by atoms with E-state index in [0.29, 0.717) is 21.8 Å². The summed E-state index contributed by atoms with van der Waals surface area (Å²) in [5.74, 6) is 0.365. The Bertz CT molecular complexity index is 659. The van der Waals surface area contributed by atoms with Crippen LogP contribution in [0.25, 0.3) is 0 Å². The van der Waals surface area contributed by atoms with E-state index in [1.807, 2.05) is 19.9 Å². The van der Waals surface area contributed by atoms with Crippen LogP contribution in [-0.4, -0.2) is 21.0 Å². The van der Waals surface area contributed by atoms with E-state index >= 15 is 0 Å². The van der Waals surface area contributed by atoms with E-state index in [4.69, 9.17) is 5.11 Å². The van der Waals surface area contributed by atoms with Crippen molar-refractivity contribution >= 4 is 33.4 Å². The van der Waals surface area contributed by atoms with Crippen molar-refractivity contribution in [2.45, 2.75) is 20.3 Å². The van der Waals surface area contributed by atoms with Crippen molar-refractivity contribution in [3.8, 4) is 0 Å². The van der Waals surface area contributed by atoms with Crippen molar-refractivity contribution in [1.82, 2.24) is 9.97 Å². The average molecular weight is 336 g/mol. The molecular formula is C14H14BrN3O2. The van der Waals surface area contributed by atoms with Gasteiger partial charge in [0.25, 0.3) is 0 Å². The minimum atomic E-state index is -0.978. The molecule has 0 bridgehead atoms. The predicted molar refractivity (Wildman–Crippen MR) is 80.5 cm³/mol. The summed E-state index contributed by atoms with van der Waals surface area (Å²) in [5.41, 5.74) is 1.82. The summed E-state index contributed by atoms with van der Waals surface area (Å²) in [7, 11) is 0. The third kappa shape index (κ3) is 3.33. The Morgan fingerprint density at radius 2 is 2.10 bits per heavy atom. The lowest BCUT2D eigenvalue weighted by atomic mass is 10.2. The maximum Gasteiger partial charge on any atom is 0.336 e. The molecule has 1 heterocycles. The Kier molecular flexibility index (Phi) is 4.34. The Balaban J connectivity index is 2.32. The first-order valence-corrected chi connectivity index (χ1v) is 6.93. The molecule has 2 rings (SSSR count). The zero-order valence-corrected chi connectivity index (χ0v) is 12.7. The quantitative estimate of drug-likeness (QED) is 0.893. The molecule has 0 aliphatic rings. The lowest BCUT2D eigenvalue weighted by molar-refractivity contribution is 0.0696. The number of carboxylic acid groups (broad SMARTS) is 1. The molecule has 0 unspecified atom stereocenters. The maximum absolute atomic E-state index is 11.1. The number of hydrogen-bond donors (Lipinski definition) is 2. The standard InChI is InChI=1S/C14H14BrN3O2/c1-3-9-7-13(17-8(2)16-9)18-10-4-5-12(15)11(6-10)14(19)20/h4-7H,3H2,1-2H3,(H,19,20)(H,16,17,18). The third-order valence-corrected chi connectivity index (χ3v) is 3.41. The largest absolute Gasteiger partial charge is 0.478 e. The normalized spacial score (nSPS) is 10.3. The zero-order chi connectivity index (χ0) is 14.7. The summed E-state index contributed by atoms with van der Waals surface area (Å²) in [6.45, 7) is 3.85. The summed E-state index contributed by atoms with van der Waals surface area (Å²) in [5, 5.41) is 12.2. The van der Waals surface area contributed by atoms with Crippen LogP contribution >= 0.6 is 15.9 Å². The van der Waals surface area contributed by atoms with Gasteiger partial charge in [-0.2, -0.15) is 0 Å². The van der Waals surface area contributed by atoms with Gasteiger partial charge in [0.2, 0.25) is 0 Å². The van der Waals surface area contributed by atoms with Crippen molar-refractivity contribution in [1.29, 1.82) is 0 Å². The molecule has 0 spiro atoms. The summed E-state index contributed by atoms with van der Waals surface area (Å²) in [6, 6.07) is 6.91.